The van der Waals surface area contributed by atoms with E-state index in [9.17, 15) is 4.79 Å². The number of rotatable bonds is 0. The first-order valence-corrected chi connectivity index (χ1v) is 5.10. The molecule has 0 saturated heterocycles. The van der Waals surface area contributed by atoms with Crippen LogP contribution in [-0.4, -0.2) is 5.78 Å². The highest BCUT2D eigenvalue weighted by Crippen LogP contribution is 2.38. The molecule has 2 rings (SSSR count). The number of Topliss-reactive ketones (excluding diaryl/α,β-unsaturated/α-hetero) is 1. The molecule has 0 amide bonds. The molecule has 0 aromatic heterocycles. The highest BCUT2D eigenvalue weighted by Gasteiger charge is 2.28. The molecule has 0 N–H and O–H groups in total. The predicted octanol–water partition coefficient (Wildman–Crippen LogP) is 3.02. The van der Waals surface area contributed by atoms with E-state index >= 15 is 0 Å². The van der Waals surface area contributed by atoms with E-state index in [2.05, 4.69) is 13.5 Å². The summed E-state index contributed by atoms with van der Waals surface area (Å²) in [6, 6.07) is 0. The Morgan fingerprint density at radius 2 is 2.08 bits per heavy atom. The van der Waals surface area contributed by atoms with E-state index in [1.165, 1.54) is 17.6 Å². The normalized spacial score (nSPS) is 29.2. The van der Waals surface area contributed by atoms with Crippen LogP contribution in [0.4, 0.5) is 0 Å². The van der Waals surface area contributed by atoms with Gasteiger partial charge in [0.1, 0.15) is 0 Å². The highest BCUT2D eigenvalue weighted by molar-refractivity contribution is 5.99. The van der Waals surface area contributed by atoms with Crippen LogP contribution in [0.1, 0.15) is 39.0 Å². The van der Waals surface area contributed by atoms with Gasteiger partial charge in [0.05, 0.1) is 0 Å². The van der Waals surface area contributed by atoms with Gasteiger partial charge in [-0.25, -0.2) is 0 Å². The van der Waals surface area contributed by atoms with Crippen LogP contribution in [-0.2, 0) is 4.79 Å². The topological polar surface area (TPSA) is 17.1 Å². The van der Waals surface area contributed by atoms with Crippen molar-refractivity contribution >= 4 is 5.78 Å². The van der Waals surface area contributed by atoms with Crippen molar-refractivity contribution in [2.24, 2.45) is 5.92 Å². The van der Waals surface area contributed by atoms with Gasteiger partial charge in [0.2, 0.25) is 0 Å². The van der Waals surface area contributed by atoms with Gasteiger partial charge in [-0.05, 0) is 37.2 Å². The molecule has 1 nitrogen and oxygen atoms in total. The van der Waals surface area contributed by atoms with Crippen LogP contribution in [0.2, 0.25) is 0 Å². The Labute approximate surface area is 79.5 Å². The molecule has 0 aliphatic heterocycles. The van der Waals surface area contributed by atoms with Crippen molar-refractivity contribution in [1.82, 2.24) is 0 Å². The van der Waals surface area contributed by atoms with Gasteiger partial charge in [-0.1, -0.05) is 24.6 Å². The fourth-order valence-electron chi connectivity index (χ4n) is 2.42. The van der Waals surface area contributed by atoms with Crippen molar-refractivity contribution in [2.75, 3.05) is 0 Å². The average molecular weight is 176 g/mol. The van der Waals surface area contributed by atoms with Crippen molar-refractivity contribution < 1.29 is 4.79 Å². The first-order chi connectivity index (χ1) is 6.18. The molecule has 0 bridgehead atoms. The van der Waals surface area contributed by atoms with Crippen LogP contribution >= 0.6 is 0 Å². The smallest absolute Gasteiger partial charge is 0.159 e. The quantitative estimate of drug-likeness (QED) is 0.518. The lowest BCUT2D eigenvalue weighted by molar-refractivity contribution is -0.115. The van der Waals surface area contributed by atoms with Crippen LogP contribution in [0, 0.1) is 5.92 Å². The molecule has 0 radical (unpaired) electrons. The molecule has 0 aromatic carbocycles. The molecule has 0 saturated carbocycles. The lowest BCUT2D eigenvalue weighted by Gasteiger charge is -2.09. The SMILES string of the molecule is C=C1CC[C@H](C)C2=C(C1)C(=O)CC2. The Morgan fingerprint density at radius 1 is 1.31 bits per heavy atom. The summed E-state index contributed by atoms with van der Waals surface area (Å²) >= 11 is 0. The number of ketones is 1. The van der Waals surface area contributed by atoms with E-state index in [1.54, 1.807) is 0 Å². The maximum absolute atomic E-state index is 11.6. The fraction of sp³-hybridized carbons (Fsp3) is 0.583. The third-order valence-corrected chi connectivity index (χ3v) is 3.30. The van der Waals surface area contributed by atoms with E-state index < -0.39 is 0 Å². The standard InChI is InChI=1S/C12H16O/c1-8-3-4-9(2)10-5-6-12(13)11(10)7-8/h9H,1,3-7H2,2H3/t9-/m0/s1. The number of hydrogen-bond donors (Lipinski definition) is 0. The number of carbonyl (C=O) groups excluding carboxylic acids is 1. The minimum Gasteiger partial charge on any atom is -0.295 e. The molecule has 0 fully saturated rings. The summed E-state index contributed by atoms with van der Waals surface area (Å²) in [5, 5.41) is 0. The molecule has 1 atom stereocenters. The van der Waals surface area contributed by atoms with Crippen LogP contribution < -0.4 is 0 Å². The molecular formula is C12H16O. The van der Waals surface area contributed by atoms with Crippen LogP contribution in [0.25, 0.3) is 0 Å². The van der Waals surface area contributed by atoms with Gasteiger partial charge in [-0.15, -0.1) is 0 Å². The van der Waals surface area contributed by atoms with Crippen molar-refractivity contribution in [3.8, 4) is 0 Å². The van der Waals surface area contributed by atoms with Gasteiger partial charge in [0.15, 0.2) is 5.78 Å². The van der Waals surface area contributed by atoms with Crippen molar-refractivity contribution in [2.45, 2.75) is 39.0 Å². The Morgan fingerprint density at radius 3 is 2.85 bits per heavy atom. The minimum absolute atomic E-state index is 0.380. The van der Waals surface area contributed by atoms with Crippen molar-refractivity contribution in [3.05, 3.63) is 23.3 Å². The summed E-state index contributed by atoms with van der Waals surface area (Å²) < 4.78 is 0. The van der Waals surface area contributed by atoms with Crippen LogP contribution in [0.5, 0.6) is 0 Å². The summed E-state index contributed by atoms with van der Waals surface area (Å²) in [5.74, 6) is 0.991. The van der Waals surface area contributed by atoms with Crippen molar-refractivity contribution in [1.29, 1.82) is 0 Å². The molecule has 2 aliphatic rings. The zero-order valence-corrected chi connectivity index (χ0v) is 8.23. The number of allylic oxidation sites excluding steroid dienone is 3. The zero-order chi connectivity index (χ0) is 9.42. The monoisotopic (exact) mass is 176 g/mol. The molecule has 0 aromatic rings. The van der Waals surface area contributed by atoms with E-state index in [-0.39, 0.29) is 0 Å². The van der Waals surface area contributed by atoms with Crippen molar-refractivity contribution in [3.63, 3.8) is 0 Å². The predicted molar refractivity (Wildman–Crippen MR) is 53.4 cm³/mol. The van der Waals surface area contributed by atoms with Gasteiger partial charge in [-0.2, -0.15) is 0 Å². The van der Waals surface area contributed by atoms with Crippen LogP contribution in [0.3, 0.4) is 0 Å². The molecule has 70 valence electrons. The third-order valence-electron chi connectivity index (χ3n) is 3.30. The molecule has 0 spiro atoms. The second-order valence-electron chi connectivity index (χ2n) is 4.29. The van der Waals surface area contributed by atoms with E-state index in [1.807, 2.05) is 0 Å². The molecule has 2 aliphatic carbocycles. The third kappa shape index (κ3) is 1.48. The summed E-state index contributed by atoms with van der Waals surface area (Å²) in [6.07, 6.45) is 4.91. The maximum Gasteiger partial charge on any atom is 0.159 e. The molecular weight excluding hydrogens is 160 g/mol. The Balaban J connectivity index is 2.34. The van der Waals surface area contributed by atoms with Crippen LogP contribution in [0.15, 0.2) is 23.3 Å². The summed E-state index contributed by atoms with van der Waals surface area (Å²) in [4.78, 5) is 11.6. The van der Waals surface area contributed by atoms with Gasteiger partial charge < -0.3 is 0 Å². The van der Waals surface area contributed by atoms with Gasteiger partial charge in [0, 0.05) is 6.42 Å². The minimum atomic E-state index is 0.380. The highest BCUT2D eigenvalue weighted by atomic mass is 16.1. The summed E-state index contributed by atoms with van der Waals surface area (Å²) in [7, 11) is 0. The first kappa shape index (κ1) is 8.74. The molecule has 0 heterocycles. The Hall–Kier alpha value is -0.850. The first-order valence-electron chi connectivity index (χ1n) is 5.10. The zero-order valence-electron chi connectivity index (χ0n) is 8.23. The van der Waals surface area contributed by atoms with Gasteiger partial charge in [0.25, 0.3) is 0 Å². The Bertz CT molecular complexity index is 296. The van der Waals surface area contributed by atoms with E-state index in [4.69, 9.17) is 0 Å². The summed E-state index contributed by atoms with van der Waals surface area (Å²) in [5.41, 5.74) is 3.78. The number of carbonyl (C=O) groups is 1. The molecule has 13 heavy (non-hydrogen) atoms. The second kappa shape index (κ2) is 3.13. The lowest BCUT2D eigenvalue weighted by Crippen LogP contribution is -1.98. The maximum atomic E-state index is 11.6. The summed E-state index contributed by atoms with van der Waals surface area (Å²) in [6.45, 7) is 6.26. The molecule has 1 heteroatoms. The molecule has 0 unspecified atom stereocenters. The lowest BCUT2D eigenvalue weighted by atomic mass is 9.95. The average Bonchev–Trinajstić information content (AvgIpc) is 2.37. The largest absolute Gasteiger partial charge is 0.295 e. The second-order valence-corrected chi connectivity index (χ2v) is 4.29. The fourth-order valence-corrected chi connectivity index (χ4v) is 2.42. The number of hydrogen-bond acceptors (Lipinski definition) is 1. The van der Waals surface area contributed by atoms with Gasteiger partial charge >= 0.3 is 0 Å². The van der Waals surface area contributed by atoms with E-state index in [0.717, 1.165) is 31.3 Å². The Kier molecular flexibility index (Phi) is 2.10. The van der Waals surface area contributed by atoms with Gasteiger partial charge in [-0.3, -0.25) is 4.79 Å². The van der Waals surface area contributed by atoms with E-state index in [0.29, 0.717) is 11.7 Å².